The molecule has 0 aromatic rings. The molecule has 1 heterocycles. The lowest BCUT2D eigenvalue weighted by Gasteiger charge is -2.36. The Morgan fingerprint density at radius 1 is 1.17 bits per heavy atom. The van der Waals surface area contributed by atoms with Gasteiger partial charge in [-0.25, -0.2) is 0 Å². The van der Waals surface area contributed by atoms with Gasteiger partial charge in [-0.05, 0) is 38.5 Å². The smallest absolute Gasteiger partial charge is 0.225 e. The Morgan fingerprint density at radius 3 is 2.61 bits per heavy atom. The first-order valence-corrected chi connectivity index (χ1v) is 8.94. The van der Waals surface area contributed by atoms with Crippen molar-refractivity contribution in [1.82, 2.24) is 10.2 Å². The number of piperidine rings is 1. The van der Waals surface area contributed by atoms with Crippen LogP contribution in [0, 0.1) is 11.8 Å². The van der Waals surface area contributed by atoms with Gasteiger partial charge in [-0.15, -0.1) is 12.4 Å². The Kier molecular flexibility index (Phi) is 8.92. The molecule has 23 heavy (non-hydrogen) atoms. The van der Waals surface area contributed by atoms with Gasteiger partial charge < -0.3 is 16.0 Å². The summed E-state index contributed by atoms with van der Waals surface area (Å²) in [5.74, 6) is 0.380. The molecule has 0 aromatic carbocycles. The zero-order valence-electron chi connectivity index (χ0n) is 14.3. The van der Waals surface area contributed by atoms with Crippen molar-refractivity contribution in [3.05, 3.63) is 0 Å². The highest BCUT2D eigenvalue weighted by Gasteiger charge is 2.33. The second-order valence-corrected chi connectivity index (χ2v) is 6.89. The van der Waals surface area contributed by atoms with E-state index in [2.05, 4.69) is 12.2 Å². The number of carbonyl (C=O) groups is 2. The second kappa shape index (κ2) is 10.1. The molecule has 3 N–H and O–H groups in total. The predicted octanol–water partition coefficient (Wildman–Crippen LogP) is 2.08. The molecule has 2 amide bonds. The minimum atomic E-state index is -0.0354. The summed E-state index contributed by atoms with van der Waals surface area (Å²) in [6.07, 6.45) is 7.76. The van der Waals surface area contributed by atoms with Crippen LogP contribution in [0.4, 0.5) is 0 Å². The van der Waals surface area contributed by atoms with Crippen LogP contribution in [0.25, 0.3) is 0 Å². The molecular weight excluding hydrogens is 314 g/mol. The lowest BCUT2D eigenvalue weighted by atomic mass is 9.84. The van der Waals surface area contributed by atoms with Gasteiger partial charge in [-0.3, -0.25) is 9.59 Å². The maximum atomic E-state index is 12.7. The van der Waals surface area contributed by atoms with Gasteiger partial charge in [0.25, 0.3) is 0 Å². The van der Waals surface area contributed by atoms with Crippen LogP contribution in [0.3, 0.4) is 0 Å². The summed E-state index contributed by atoms with van der Waals surface area (Å²) >= 11 is 0. The number of nitrogens with two attached hydrogens (primary N) is 1. The van der Waals surface area contributed by atoms with E-state index in [0.29, 0.717) is 6.54 Å². The number of nitrogens with one attached hydrogen (secondary N) is 1. The number of amides is 2. The molecule has 1 aliphatic heterocycles. The zero-order valence-corrected chi connectivity index (χ0v) is 15.1. The summed E-state index contributed by atoms with van der Waals surface area (Å²) < 4.78 is 0. The topological polar surface area (TPSA) is 75.4 Å². The van der Waals surface area contributed by atoms with E-state index < -0.39 is 0 Å². The van der Waals surface area contributed by atoms with Crippen LogP contribution in [0.2, 0.25) is 0 Å². The molecule has 1 aliphatic carbocycles. The summed E-state index contributed by atoms with van der Waals surface area (Å²) in [6, 6.07) is 0.167. The van der Waals surface area contributed by atoms with E-state index in [1.807, 2.05) is 4.90 Å². The molecule has 1 saturated carbocycles. The third-order valence-corrected chi connectivity index (χ3v) is 5.00. The van der Waals surface area contributed by atoms with Crippen LogP contribution in [-0.2, 0) is 9.59 Å². The highest BCUT2D eigenvalue weighted by molar-refractivity contribution is 5.85. The van der Waals surface area contributed by atoms with E-state index >= 15 is 0 Å². The Balaban J connectivity index is 0.00000264. The van der Waals surface area contributed by atoms with Crippen molar-refractivity contribution in [1.29, 1.82) is 0 Å². The molecule has 0 spiro atoms. The maximum absolute atomic E-state index is 12.7. The third kappa shape index (κ3) is 5.96. The first-order valence-electron chi connectivity index (χ1n) is 8.94. The molecule has 3 atom stereocenters. The van der Waals surface area contributed by atoms with Crippen molar-refractivity contribution >= 4 is 24.2 Å². The minimum absolute atomic E-state index is 0. The first-order chi connectivity index (χ1) is 10.6. The van der Waals surface area contributed by atoms with Crippen LogP contribution in [0.15, 0.2) is 0 Å². The molecule has 0 bridgehead atoms. The maximum Gasteiger partial charge on any atom is 0.225 e. The Morgan fingerprint density at radius 2 is 1.91 bits per heavy atom. The van der Waals surface area contributed by atoms with Gasteiger partial charge in [-0.1, -0.05) is 19.8 Å². The third-order valence-electron chi connectivity index (χ3n) is 5.00. The fourth-order valence-electron chi connectivity index (χ4n) is 3.63. The molecule has 2 fully saturated rings. The number of hydrogen-bond acceptors (Lipinski definition) is 3. The van der Waals surface area contributed by atoms with Gasteiger partial charge in [-0.2, -0.15) is 0 Å². The quantitative estimate of drug-likeness (QED) is 0.749. The highest BCUT2D eigenvalue weighted by atomic mass is 35.5. The summed E-state index contributed by atoms with van der Waals surface area (Å²) in [5.41, 5.74) is 6.00. The Hall–Kier alpha value is -0.810. The average Bonchev–Trinajstić information content (AvgIpc) is 2.54. The second-order valence-electron chi connectivity index (χ2n) is 6.89. The van der Waals surface area contributed by atoms with Crippen molar-refractivity contribution in [2.75, 3.05) is 19.6 Å². The van der Waals surface area contributed by atoms with E-state index in [1.54, 1.807) is 0 Å². The van der Waals surface area contributed by atoms with Crippen LogP contribution < -0.4 is 11.1 Å². The van der Waals surface area contributed by atoms with E-state index in [9.17, 15) is 9.59 Å². The SMILES string of the molecule is CCCCNC(=O)C1CCCN(C(=O)C2CCCC(N)C2)C1.Cl. The van der Waals surface area contributed by atoms with Gasteiger partial charge in [0.15, 0.2) is 0 Å². The predicted molar refractivity (Wildman–Crippen MR) is 94.4 cm³/mol. The molecule has 2 rings (SSSR count). The Bertz CT molecular complexity index is 392. The molecule has 6 heteroatoms. The number of carbonyl (C=O) groups excluding carboxylic acids is 2. The summed E-state index contributed by atoms with van der Waals surface area (Å²) in [4.78, 5) is 26.8. The van der Waals surface area contributed by atoms with Crippen LogP contribution in [-0.4, -0.2) is 42.4 Å². The number of nitrogens with zero attached hydrogens (tertiary/aromatic N) is 1. The molecule has 0 aromatic heterocycles. The monoisotopic (exact) mass is 345 g/mol. The number of halogens is 1. The zero-order chi connectivity index (χ0) is 15.9. The number of unbranched alkanes of at least 4 members (excludes halogenated alkanes) is 1. The Labute approximate surface area is 146 Å². The first kappa shape index (κ1) is 20.2. The van der Waals surface area contributed by atoms with E-state index in [-0.39, 0.29) is 42.1 Å². The standard InChI is InChI=1S/C17H31N3O2.ClH/c1-2-3-9-19-16(21)14-7-5-10-20(12-14)17(22)13-6-4-8-15(18)11-13;/h13-15H,2-12,18H2,1H3,(H,19,21);1H. The van der Waals surface area contributed by atoms with Crippen LogP contribution >= 0.6 is 12.4 Å². The van der Waals surface area contributed by atoms with Crippen molar-refractivity contribution in [3.8, 4) is 0 Å². The minimum Gasteiger partial charge on any atom is -0.356 e. The summed E-state index contributed by atoms with van der Waals surface area (Å²) in [7, 11) is 0. The molecule has 0 radical (unpaired) electrons. The molecule has 5 nitrogen and oxygen atoms in total. The van der Waals surface area contributed by atoms with E-state index in [1.165, 1.54) is 0 Å². The van der Waals surface area contributed by atoms with Crippen molar-refractivity contribution in [3.63, 3.8) is 0 Å². The average molecular weight is 346 g/mol. The molecular formula is C17H32ClN3O2. The fourth-order valence-corrected chi connectivity index (χ4v) is 3.63. The van der Waals surface area contributed by atoms with Crippen LogP contribution in [0.5, 0.6) is 0 Å². The van der Waals surface area contributed by atoms with Gasteiger partial charge in [0.1, 0.15) is 0 Å². The van der Waals surface area contributed by atoms with Crippen molar-refractivity contribution in [2.24, 2.45) is 17.6 Å². The van der Waals surface area contributed by atoms with Crippen LogP contribution in [0.1, 0.15) is 58.3 Å². The molecule has 134 valence electrons. The highest BCUT2D eigenvalue weighted by Crippen LogP contribution is 2.27. The van der Waals surface area contributed by atoms with E-state index in [4.69, 9.17) is 5.73 Å². The number of rotatable bonds is 5. The fraction of sp³-hybridized carbons (Fsp3) is 0.882. The molecule has 3 unspecified atom stereocenters. The largest absolute Gasteiger partial charge is 0.356 e. The summed E-state index contributed by atoms with van der Waals surface area (Å²) in [5, 5.41) is 3.00. The lowest BCUT2D eigenvalue weighted by Crippen LogP contribution is -2.48. The number of likely N-dealkylation sites (tertiary alicyclic amines) is 1. The lowest BCUT2D eigenvalue weighted by molar-refractivity contribution is -0.140. The summed E-state index contributed by atoms with van der Waals surface area (Å²) in [6.45, 7) is 4.24. The van der Waals surface area contributed by atoms with Gasteiger partial charge >= 0.3 is 0 Å². The van der Waals surface area contributed by atoms with Crippen molar-refractivity contribution < 1.29 is 9.59 Å². The van der Waals surface area contributed by atoms with Crippen molar-refractivity contribution in [2.45, 2.75) is 64.3 Å². The van der Waals surface area contributed by atoms with Gasteiger partial charge in [0.2, 0.25) is 11.8 Å². The van der Waals surface area contributed by atoms with E-state index in [0.717, 1.165) is 64.5 Å². The van der Waals surface area contributed by atoms with Gasteiger partial charge in [0.05, 0.1) is 5.92 Å². The van der Waals surface area contributed by atoms with Gasteiger partial charge in [0, 0.05) is 31.6 Å². The molecule has 1 saturated heterocycles. The number of hydrogen-bond donors (Lipinski definition) is 2. The normalized spacial score (nSPS) is 27.9. The molecule has 2 aliphatic rings.